The normalized spacial score (nSPS) is 10.2. The summed E-state index contributed by atoms with van der Waals surface area (Å²) in [4.78, 5) is 0. The molecule has 0 amide bonds. The topological polar surface area (TPSA) is 66.4 Å². The summed E-state index contributed by atoms with van der Waals surface area (Å²) in [5.41, 5.74) is 0. The second kappa shape index (κ2) is 4.72. The summed E-state index contributed by atoms with van der Waals surface area (Å²) in [6.45, 7) is 1.80. The van der Waals surface area contributed by atoms with E-state index in [9.17, 15) is 8.42 Å². The Hall–Kier alpha value is 0.870. The quantitative estimate of drug-likeness (QED) is 0.381. The minimum atomic E-state index is -3.92. The van der Waals surface area contributed by atoms with Crippen LogP contribution < -0.4 is 4.72 Å². The Kier molecular flexibility index (Phi) is 6.87. The number of hydrogen-bond acceptors (Lipinski definition) is 2. The van der Waals surface area contributed by atoms with Gasteiger partial charge in [-0.1, -0.05) is 6.92 Å². The Morgan fingerprint density at radius 1 is 1.62 bits per heavy atom. The van der Waals surface area contributed by atoms with E-state index in [1.54, 1.807) is 6.92 Å². The summed E-state index contributed by atoms with van der Waals surface area (Å²) < 4.78 is 29.0. The van der Waals surface area contributed by atoms with Crippen molar-refractivity contribution in [1.29, 1.82) is 0 Å². The SMILES string of the molecule is CCNS(=O)(=O)O.[NaH]. The molecule has 0 bridgehead atoms. The maximum absolute atomic E-state index is 9.68. The first-order valence-electron chi connectivity index (χ1n) is 1.78. The van der Waals surface area contributed by atoms with E-state index in [-0.39, 0.29) is 36.1 Å². The summed E-state index contributed by atoms with van der Waals surface area (Å²) in [7, 11) is -3.92. The fourth-order valence-corrected chi connectivity index (χ4v) is 0.547. The van der Waals surface area contributed by atoms with Gasteiger partial charge in [0, 0.05) is 6.54 Å². The third-order valence-corrected chi connectivity index (χ3v) is 0.980. The van der Waals surface area contributed by atoms with Crippen LogP contribution in [0, 0.1) is 0 Å². The molecule has 0 saturated carbocycles. The Balaban J connectivity index is 0. The van der Waals surface area contributed by atoms with Crippen molar-refractivity contribution in [3.05, 3.63) is 0 Å². The zero-order valence-electron chi connectivity index (χ0n) is 3.88. The molecule has 0 spiro atoms. The monoisotopic (exact) mass is 149 g/mol. The van der Waals surface area contributed by atoms with E-state index in [1.165, 1.54) is 0 Å². The van der Waals surface area contributed by atoms with Crippen LogP contribution in [0.15, 0.2) is 0 Å². The first-order valence-corrected chi connectivity index (χ1v) is 3.22. The Morgan fingerprint density at radius 2 is 2.00 bits per heavy atom. The molecule has 46 valence electrons. The van der Waals surface area contributed by atoms with Crippen molar-refractivity contribution in [3.8, 4) is 0 Å². The predicted molar refractivity (Wildman–Crippen MR) is 32.4 cm³/mol. The van der Waals surface area contributed by atoms with Crippen molar-refractivity contribution in [1.82, 2.24) is 4.72 Å². The average molecular weight is 149 g/mol. The number of nitrogens with one attached hydrogen (secondary N) is 1. The van der Waals surface area contributed by atoms with Crippen molar-refractivity contribution in [3.63, 3.8) is 0 Å². The Labute approximate surface area is 70.8 Å². The number of rotatable bonds is 2. The standard InChI is InChI=1S/C2H7NO3S.Na.H/c1-2-3-7(4,5)6;;/h3H,2H2,1H3,(H,4,5,6);;. The molecule has 0 heterocycles. The Bertz CT molecular complexity index is 130. The van der Waals surface area contributed by atoms with Crippen LogP contribution in [0.5, 0.6) is 0 Å². The minimum absolute atomic E-state index is 0. The summed E-state index contributed by atoms with van der Waals surface area (Å²) in [6.07, 6.45) is 0. The van der Waals surface area contributed by atoms with Gasteiger partial charge in [-0.15, -0.1) is 0 Å². The summed E-state index contributed by atoms with van der Waals surface area (Å²) in [5, 5.41) is 0. The molecular weight excluding hydrogens is 141 g/mol. The van der Waals surface area contributed by atoms with Gasteiger partial charge < -0.3 is 0 Å². The van der Waals surface area contributed by atoms with Gasteiger partial charge in [0.1, 0.15) is 0 Å². The van der Waals surface area contributed by atoms with Gasteiger partial charge in [-0.3, -0.25) is 4.55 Å². The van der Waals surface area contributed by atoms with E-state index in [0.717, 1.165) is 0 Å². The van der Waals surface area contributed by atoms with E-state index < -0.39 is 10.3 Å². The van der Waals surface area contributed by atoms with Gasteiger partial charge in [0.25, 0.3) is 0 Å². The summed E-state index contributed by atoms with van der Waals surface area (Å²) >= 11 is 0. The molecule has 6 heteroatoms. The maximum atomic E-state index is 9.68. The predicted octanol–water partition coefficient (Wildman–Crippen LogP) is -1.25. The van der Waals surface area contributed by atoms with Crippen LogP contribution in [0.3, 0.4) is 0 Å². The van der Waals surface area contributed by atoms with E-state index in [2.05, 4.69) is 0 Å². The second-order valence-corrected chi connectivity index (χ2v) is 2.21. The van der Waals surface area contributed by atoms with Crippen LogP contribution in [-0.4, -0.2) is 49.1 Å². The van der Waals surface area contributed by atoms with E-state index >= 15 is 0 Å². The van der Waals surface area contributed by atoms with Crippen molar-refractivity contribution in [2.24, 2.45) is 0 Å². The van der Waals surface area contributed by atoms with E-state index in [1.807, 2.05) is 4.72 Å². The molecular formula is C2H8NNaO3S. The van der Waals surface area contributed by atoms with Crippen LogP contribution >= 0.6 is 0 Å². The molecule has 0 radical (unpaired) electrons. The van der Waals surface area contributed by atoms with Gasteiger partial charge in [0.2, 0.25) is 0 Å². The van der Waals surface area contributed by atoms with Crippen molar-refractivity contribution in [2.75, 3.05) is 6.54 Å². The summed E-state index contributed by atoms with van der Waals surface area (Å²) in [6, 6.07) is 0. The third-order valence-electron chi connectivity index (χ3n) is 0.327. The van der Waals surface area contributed by atoms with Gasteiger partial charge >= 0.3 is 39.9 Å². The molecule has 0 aliphatic heterocycles. The van der Waals surface area contributed by atoms with Crippen molar-refractivity contribution < 1.29 is 13.0 Å². The second-order valence-electron chi connectivity index (χ2n) is 0.973. The number of hydrogen-bond donors (Lipinski definition) is 2. The van der Waals surface area contributed by atoms with Gasteiger partial charge in [-0.05, 0) is 0 Å². The zero-order chi connectivity index (χ0) is 5.91. The summed E-state index contributed by atoms with van der Waals surface area (Å²) in [5.74, 6) is 0. The van der Waals surface area contributed by atoms with Crippen LogP contribution in [-0.2, 0) is 10.3 Å². The zero-order valence-corrected chi connectivity index (χ0v) is 4.70. The molecule has 0 fully saturated rings. The van der Waals surface area contributed by atoms with Crippen LogP contribution in [0.25, 0.3) is 0 Å². The first kappa shape index (κ1) is 11.6. The molecule has 2 N–H and O–H groups in total. The molecule has 0 aromatic carbocycles. The molecule has 8 heavy (non-hydrogen) atoms. The molecule has 0 saturated heterocycles. The van der Waals surface area contributed by atoms with Gasteiger partial charge in [0.05, 0.1) is 0 Å². The molecule has 0 aromatic rings. The van der Waals surface area contributed by atoms with Crippen molar-refractivity contribution in [2.45, 2.75) is 6.92 Å². The van der Waals surface area contributed by atoms with Crippen LogP contribution in [0.4, 0.5) is 0 Å². The van der Waals surface area contributed by atoms with Gasteiger partial charge in [-0.2, -0.15) is 13.1 Å². The third kappa shape index (κ3) is 9.98. The molecule has 0 atom stereocenters. The van der Waals surface area contributed by atoms with E-state index in [0.29, 0.717) is 0 Å². The molecule has 0 aliphatic rings. The van der Waals surface area contributed by atoms with Crippen molar-refractivity contribution >= 4 is 39.9 Å². The molecule has 0 aliphatic carbocycles. The molecule has 4 nitrogen and oxygen atoms in total. The Morgan fingerprint density at radius 3 is 2.00 bits per heavy atom. The fraction of sp³-hybridized carbons (Fsp3) is 1.00. The van der Waals surface area contributed by atoms with Crippen LogP contribution in [0.1, 0.15) is 6.92 Å². The molecule has 0 rings (SSSR count). The molecule has 0 unspecified atom stereocenters. The first-order chi connectivity index (χ1) is 3.06. The molecule has 0 aromatic heterocycles. The van der Waals surface area contributed by atoms with Gasteiger partial charge in [0.15, 0.2) is 0 Å². The van der Waals surface area contributed by atoms with Crippen LogP contribution in [0.2, 0.25) is 0 Å². The van der Waals surface area contributed by atoms with Gasteiger partial charge in [-0.25, -0.2) is 0 Å². The van der Waals surface area contributed by atoms with E-state index in [4.69, 9.17) is 4.55 Å². The average Bonchev–Trinajstić information content (AvgIpc) is 1.30. The fourth-order valence-electron chi connectivity index (χ4n) is 0.182.